The lowest BCUT2D eigenvalue weighted by Crippen LogP contribution is -2.32. The summed E-state index contributed by atoms with van der Waals surface area (Å²) in [5, 5.41) is 16.5. The first-order chi connectivity index (χ1) is 11.6. The number of nitro benzene ring substituents is 1. The Bertz CT molecular complexity index is 707. The molecular weight excluding hydrogens is 378 g/mol. The molecule has 1 amide bonds. The molecule has 0 atom stereocenters. The Balaban J connectivity index is 1.69. The molecule has 0 radical (unpaired) electrons. The first-order valence-electron chi connectivity index (χ1n) is 7.18. The number of benzene rings is 2. The number of para-hydroxylation sites is 2. The van der Waals surface area contributed by atoms with E-state index in [0.717, 1.165) is 4.47 Å². The number of hydrogen-bond acceptors (Lipinski definition) is 5. The highest BCUT2D eigenvalue weighted by molar-refractivity contribution is 9.10. The van der Waals surface area contributed by atoms with E-state index >= 15 is 0 Å². The Kier molecular flexibility index (Phi) is 6.56. The van der Waals surface area contributed by atoms with Crippen LogP contribution in [0.5, 0.6) is 5.75 Å². The zero-order chi connectivity index (χ0) is 17.4. The van der Waals surface area contributed by atoms with E-state index in [9.17, 15) is 14.9 Å². The van der Waals surface area contributed by atoms with Gasteiger partial charge in [0.25, 0.3) is 11.6 Å². The standard InChI is InChI=1S/C16H16BrN3O4/c17-12-5-7-13(8-6-12)24-11-16(21)19-10-9-18-14-3-1-2-4-15(14)20(22)23/h1-8,18H,9-11H2,(H,19,21). The lowest BCUT2D eigenvalue weighted by molar-refractivity contribution is -0.384. The van der Waals surface area contributed by atoms with Gasteiger partial charge in [0.1, 0.15) is 11.4 Å². The molecule has 0 aromatic heterocycles. The fraction of sp³-hybridized carbons (Fsp3) is 0.188. The second-order valence-electron chi connectivity index (χ2n) is 4.79. The summed E-state index contributed by atoms with van der Waals surface area (Å²) in [5.74, 6) is 0.341. The van der Waals surface area contributed by atoms with Crippen molar-refractivity contribution in [1.29, 1.82) is 0 Å². The predicted molar refractivity (Wildman–Crippen MR) is 94.2 cm³/mol. The summed E-state index contributed by atoms with van der Waals surface area (Å²) in [6.45, 7) is 0.608. The molecule has 8 heteroatoms. The summed E-state index contributed by atoms with van der Waals surface area (Å²) in [6, 6.07) is 13.5. The summed E-state index contributed by atoms with van der Waals surface area (Å²) in [4.78, 5) is 22.1. The second kappa shape index (κ2) is 8.88. The van der Waals surface area contributed by atoms with Gasteiger partial charge < -0.3 is 15.4 Å². The van der Waals surface area contributed by atoms with Crippen LogP contribution in [-0.2, 0) is 4.79 Å². The summed E-state index contributed by atoms with van der Waals surface area (Å²) in [7, 11) is 0. The van der Waals surface area contributed by atoms with Gasteiger partial charge in [0.15, 0.2) is 6.61 Å². The van der Waals surface area contributed by atoms with Crippen molar-refractivity contribution in [1.82, 2.24) is 5.32 Å². The fourth-order valence-electron chi connectivity index (χ4n) is 1.91. The summed E-state index contributed by atoms with van der Waals surface area (Å²) in [6.07, 6.45) is 0. The number of hydrogen-bond donors (Lipinski definition) is 2. The third kappa shape index (κ3) is 5.54. The Labute approximate surface area is 147 Å². The maximum atomic E-state index is 11.7. The summed E-state index contributed by atoms with van der Waals surface area (Å²) >= 11 is 3.32. The third-order valence-corrected chi connectivity index (χ3v) is 3.58. The van der Waals surface area contributed by atoms with Gasteiger partial charge in [0, 0.05) is 23.6 Å². The third-order valence-electron chi connectivity index (χ3n) is 3.05. The molecule has 0 heterocycles. The van der Waals surface area contributed by atoms with Gasteiger partial charge in [-0.3, -0.25) is 14.9 Å². The average Bonchev–Trinajstić information content (AvgIpc) is 2.58. The van der Waals surface area contributed by atoms with Crippen LogP contribution in [0.1, 0.15) is 0 Å². The second-order valence-corrected chi connectivity index (χ2v) is 5.71. The number of nitro groups is 1. The Morgan fingerprint density at radius 3 is 2.54 bits per heavy atom. The van der Waals surface area contributed by atoms with Crippen LogP contribution in [0, 0.1) is 10.1 Å². The zero-order valence-electron chi connectivity index (χ0n) is 12.7. The van der Waals surface area contributed by atoms with Crippen molar-refractivity contribution in [2.24, 2.45) is 0 Å². The number of amides is 1. The monoisotopic (exact) mass is 393 g/mol. The molecule has 24 heavy (non-hydrogen) atoms. The number of ether oxygens (including phenoxy) is 1. The SMILES string of the molecule is O=C(COc1ccc(Br)cc1)NCCNc1ccccc1[N+](=O)[O-]. The van der Waals surface area contributed by atoms with Gasteiger partial charge >= 0.3 is 0 Å². The first-order valence-corrected chi connectivity index (χ1v) is 7.98. The molecule has 2 aromatic rings. The van der Waals surface area contributed by atoms with Crippen molar-refractivity contribution in [3.63, 3.8) is 0 Å². The molecule has 0 saturated carbocycles. The van der Waals surface area contributed by atoms with E-state index in [2.05, 4.69) is 26.6 Å². The van der Waals surface area contributed by atoms with Crippen LogP contribution in [0.3, 0.4) is 0 Å². The molecule has 0 fully saturated rings. The fourth-order valence-corrected chi connectivity index (χ4v) is 2.18. The van der Waals surface area contributed by atoms with Crippen LogP contribution in [0.2, 0.25) is 0 Å². The van der Waals surface area contributed by atoms with Crippen LogP contribution in [0.4, 0.5) is 11.4 Å². The smallest absolute Gasteiger partial charge is 0.292 e. The Morgan fingerprint density at radius 2 is 1.83 bits per heavy atom. The van der Waals surface area contributed by atoms with E-state index in [1.165, 1.54) is 6.07 Å². The minimum atomic E-state index is -0.451. The van der Waals surface area contributed by atoms with Gasteiger partial charge in [-0.25, -0.2) is 0 Å². The lowest BCUT2D eigenvalue weighted by atomic mass is 10.2. The largest absolute Gasteiger partial charge is 0.484 e. The van der Waals surface area contributed by atoms with Crippen molar-refractivity contribution < 1.29 is 14.5 Å². The van der Waals surface area contributed by atoms with E-state index in [1.54, 1.807) is 30.3 Å². The average molecular weight is 394 g/mol. The number of carbonyl (C=O) groups excluding carboxylic acids is 1. The first kappa shape index (κ1) is 17.7. The molecule has 2 rings (SSSR count). The van der Waals surface area contributed by atoms with E-state index in [4.69, 9.17) is 4.74 Å². The van der Waals surface area contributed by atoms with Gasteiger partial charge in [-0.2, -0.15) is 0 Å². The molecule has 0 aliphatic heterocycles. The molecule has 0 bridgehead atoms. The van der Waals surface area contributed by atoms with Gasteiger partial charge in [-0.1, -0.05) is 28.1 Å². The van der Waals surface area contributed by atoms with Crippen molar-refractivity contribution in [3.8, 4) is 5.75 Å². The van der Waals surface area contributed by atoms with E-state index < -0.39 is 4.92 Å². The lowest BCUT2D eigenvalue weighted by Gasteiger charge is -2.09. The normalized spacial score (nSPS) is 10.0. The number of nitrogens with one attached hydrogen (secondary N) is 2. The molecule has 2 N–H and O–H groups in total. The minimum Gasteiger partial charge on any atom is -0.484 e. The molecule has 0 saturated heterocycles. The quantitative estimate of drug-likeness (QED) is 0.408. The highest BCUT2D eigenvalue weighted by Crippen LogP contribution is 2.22. The summed E-state index contributed by atoms with van der Waals surface area (Å²) in [5.41, 5.74) is 0.422. The predicted octanol–water partition coefficient (Wildman–Crippen LogP) is 2.96. The molecule has 0 spiro atoms. The molecule has 0 aliphatic carbocycles. The molecule has 0 unspecified atom stereocenters. The van der Waals surface area contributed by atoms with Gasteiger partial charge in [0.05, 0.1) is 4.92 Å². The molecule has 2 aromatic carbocycles. The molecule has 7 nitrogen and oxygen atoms in total. The topological polar surface area (TPSA) is 93.5 Å². The van der Waals surface area contributed by atoms with Crippen LogP contribution in [-0.4, -0.2) is 30.5 Å². The van der Waals surface area contributed by atoms with Crippen LogP contribution < -0.4 is 15.4 Å². The van der Waals surface area contributed by atoms with Crippen LogP contribution in [0.15, 0.2) is 53.0 Å². The van der Waals surface area contributed by atoms with E-state index in [0.29, 0.717) is 24.5 Å². The molecular formula is C16H16BrN3O4. The molecule has 0 aliphatic rings. The maximum absolute atomic E-state index is 11.7. The van der Waals surface area contributed by atoms with Crippen molar-refractivity contribution in [3.05, 3.63) is 63.1 Å². The number of nitrogens with zero attached hydrogens (tertiary/aromatic N) is 1. The van der Waals surface area contributed by atoms with Crippen molar-refractivity contribution in [2.75, 3.05) is 25.0 Å². The van der Waals surface area contributed by atoms with Gasteiger partial charge in [-0.05, 0) is 30.3 Å². The number of carbonyl (C=O) groups is 1. The van der Waals surface area contributed by atoms with Crippen molar-refractivity contribution in [2.45, 2.75) is 0 Å². The van der Waals surface area contributed by atoms with E-state index in [-0.39, 0.29) is 18.2 Å². The number of rotatable bonds is 8. The number of anilines is 1. The highest BCUT2D eigenvalue weighted by atomic mass is 79.9. The highest BCUT2D eigenvalue weighted by Gasteiger charge is 2.11. The molecule has 126 valence electrons. The van der Waals surface area contributed by atoms with Crippen molar-refractivity contribution >= 4 is 33.2 Å². The van der Waals surface area contributed by atoms with Crippen LogP contribution >= 0.6 is 15.9 Å². The Hall–Kier alpha value is -2.61. The summed E-state index contributed by atoms with van der Waals surface area (Å²) < 4.78 is 6.28. The number of halogens is 1. The van der Waals surface area contributed by atoms with Crippen LogP contribution in [0.25, 0.3) is 0 Å². The van der Waals surface area contributed by atoms with Gasteiger partial charge in [0.2, 0.25) is 0 Å². The zero-order valence-corrected chi connectivity index (χ0v) is 14.3. The minimum absolute atomic E-state index is 0.00222. The van der Waals surface area contributed by atoms with Gasteiger partial charge in [-0.15, -0.1) is 0 Å². The maximum Gasteiger partial charge on any atom is 0.292 e. The Morgan fingerprint density at radius 1 is 1.12 bits per heavy atom. The van der Waals surface area contributed by atoms with E-state index in [1.807, 2.05) is 12.1 Å².